The largest absolute Gasteiger partial charge is 0.0502 e. The van der Waals surface area contributed by atoms with Crippen molar-refractivity contribution in [3.05, 3.63) is 42.5 Å². The Kier molecular flexibility index (Phi) is 12.0. The maximum absolute atomic E-state index is 13.6. The molecule has 0 spiro atoms. The number of benzene rings is 2. The van der Waals surface area contributed by atoms with E-state index in [1.807, 2.05) is 30.3 Å². The van der Waals surface area contributed by atoms with Crippen molar-refractivity contribution >= 4 is 53.3 Å². The molecule has 49 heavy (non-hydrogen) atoms. The third kappa shape index (κ3) is 8.56. The van der Waals surface area contributed by atoms with E-state index in [9.17, 15) is 9.59 Å². The van der Waals surface area contributed by atoms with Gasteiger partial charge in [-0.05, 0) is 56.3 Å². The van der Waals surface area contributed by atoms with E-state index in [1.165, 1.54) is 73.1 Å². The van der Waals surface area contributed by atoms with Crippen LogP contribution in [0.2, 0.25) is 0 Å². The number of hydrogen-bond acceptors (Lipinski definition) is 6. The summed E-state index contributed by atoms with van der Waals surface area (Å²) in [7, 11) is 0. The fourth-order valence-corrected chi connectivity index (χ4v) is 18.4. The summed E-state index contributed by atoms with van der Waals surface area (Å²) in [6.07, 6.45) is 19.5. The molecule has 0 atom stereocenters. The first-order valence-corrected chi connectivity index (χ1v) is 24.6. The van der Waals surface area contributed by atoms with Gasteiger partial charge in [0, 0.05) is 0 Å². The molecule has 2 heterocycles. The van der Waals surface area contributed by atoms with Gasteiger partial charge in [0.2, 0.25) is 0 Å². The molecule has 0 bridgehead atoms. The molecular weight excluding hydrogens is 741 g/mol. The van der Waals surface area contributed by atoms with E-state index in [0.717, 1.165) is 86.9 Å². The molecule has 3 saturated carbocycles. The molecule has 0 unspecified atom stereocenters. The van der Waals surface area contributed by atoms with Gasteiger partial charge in [-0.25, -0.2) is 0 Å². The van der Waals surface area contributed by atoms with Crippen LogP contribution in [0.5, 0.6) is 11.5 Å². The predicted octanol–water partition coefficient (Wildman–Crippen LogP) is 11.7. The first kappa shape index (κ1) is 35.4. The standard InChI is InChI=1S/C42H56INO4S/c1-3-28-9-11-30(12-10-28)31-13-15-32(16-14-31)41(45)47-35-21-22-38(36(27-35)40-44-37-7-5-6-8-39(37)49-40)48-42(46)33-17-19-34(20-18-33)43-25-23-29(4-2)24-26-43/h5-8,21-22,27-34H,3-4,9-20,23-26H2,1-2H3. The Morgan fingerprint density at radius 3 is 1.96 bits per heavy atom. The number of carbonyl (C=O) groups excluding carboxylic acids is 2. The minimum Gasteiger partial charge on any atom is -0.0502 e. The number of para-hydroxylation sites is 1. The molecule has 4 aliphatic rings. The topological polar surface area (TPSA) is 65.5 Å². The summed E-state index contributed by atoms with van der Waals surface area (Å²) >= 11 is 0.688. The van der Waals surface area contributed by atoms with Crippen LogP contribution >= 0.6 is 31.2 Å². The molecule has 3 aliphatic carbocycles. The van der Waals surface area contributed by atoms with Gasteiger partial charge < -0.3 is 0 Å². The maximum atomic E-state index is 13.6. The van der Waals surface area contributed by atoms with E-state index in [0.29, 0.717) is 11.5 Å². The van der Waals surface area contributed by atoms with E-state index in [4.69, 9.17) is 14.5 Å². The Morgan fingerprint density at radius 2 is 1.31 bits per heavy atom. The van der Waals surface area contributed by atoms with Crippen molar-refractivity contribution in [3.8, 4) is 22.1 Å². The van der Waals surface area contributed by atoms with Gasteiger partial charge in [0.15, 0.2) is 0 Å². The van der Waals surface area contributed by atoms with Crippen molar-refractivity contribution in [1.29, 1.82) is 0 Å². The molecule has 266 valence electrons. The molecule has 2 aromatic carbocycles. The SMILES string of the molecule is CCC1CCC(C2CCC(C(=O)Oc3ccc(OC(=O)C4CCC(I5CCC(CC)CC5)CC4)c(-c4nc5ccccc5s4)c3)CC2)CC1. The van der Waals surface area contributed by atoms with Crippen LogP contribution in [-0.4, -0.2) is 29.7 Å². The Morgan fingerprint density at radius 1 is 0.714 bits per heavy atom. The minimum atomic E-state index is -0.890. The molecule has 4 fully saturated rings. The Labute approximate surface area is 305 Å². The zero-order valence-corrected chi connectivity index (χ0v) is 32.7. The van der Waals surface area contributed by atoms with Crippen LogP contribution in [0.4, 0.5) is 0 Å². The monoisotopic (exact) mass is 797 g/mol. The Hall–Kier alpha value is -2.00. The van der Waals surface area contributed by atoms with Gasteiger partial charge in [0.25, 0.3) is 0 Å². The summed E-state index contributed by atoms with van der Waals surface area (Å²) in [6.45, 7) is 4.67. The molecule has 7 rings (SSSR count). The number of rotatable bonds is 9. The van der Waals surface area contributed by atoms with Crippen molar-refractivity contribution in [2.24, 2.45) is 35.5 Å². The molecular formula is C42H56INO4S. The molecule has 7 heteroatoms. The number of thiazole rings is 1. The second kappa shape index (κ2) is 16.6. The fourth-order valence-electron chi connectivity index (χ4n) is 9.24. The summed E-state index contributed by atoms with van der Waals surface area (Å²) in [5.41, 5.74) is 1.64. The van der Waals surface area contributed by atoms with Gasteiger partial charge in [0.1, 0.15) is 0 Å². The smallest absolute Gasteiger partial charge is 0.0396 e. The molecule has 0 amide bonds. The molecule has 1 aliphatic heterocycles. The summed E-state index contributed by atoms with van der Waals surface area (Å²) in [5.74, 6) is 4.16. The minimum absolute atomic E-state index is 0.0437. The fraction of sp³-hybridized carbons (Fsp3) is 0.643. The number of alkyl halides is 3. The summed E-state index contributed by atoms with van der Waals surface area (Å²) in [5, 5.41) is 0.776. The first-order chi connectivity index (χ1) is 24.0. The third-order valence-corrected chi connectivity index (χ3v) is 21.5. The van der Waals surface area contributed by atoms with Crippen molar-refractivity contribution in [2.45, 2.75) is 121 Å². The van der Waals surface area contributed by atoms with Crippen LogP contribution < -0.4 is 9.47 Å². The van der Waals surface area contributed by atoms with Gasteiger partial charge in [-0.1, -0.05) is 38.3 Å². The van der Waals surface area contributed by atoms with Gasteiger partial charge in [-0.3, -0.25) is 4.79 Å². The predicted molar refractivity (Wildman–Crippen MR) is 210 cm³/mol. The van der Waals surface area contributed by atoms with Crippen LogP contribution in [-0.2, 0) is 9.59 Å². The van der Waals surface area contributed by atoms with Crippen LogP contribution in [0, 0.1) is 35.5 Å². The third-order valence-electron chi connectivity index (χ3n) is 12.7. The summed E-state index contributed by atoms with van der Waals surface area (Å²) in [4.78, 5) is 32.0. The van der Waals surface area contributed by atoms with E-state index < -0.39 is 19.8 Å². The van der Waals surface area contributed by atoms with Crippen molar-refractivity contribution in [1.82, 2.24) is 4.98 Å². The number of esters is 2. The zero-order valence-electron chi connectivity index (χ0n) is 29.7. The van der Waals surface area contributed by atoms with Crippen molar-refractivity contribution < 1.29 is 19.1 Å². The van der Waals surface area contributed by atoms with Crippen LogP contribution in [0.15, 0.2) is 42.5 Å². The van der Waals surface area contributed by atoms with Crippen molar-refractivity contribution in [3.63, 3.8) is 0 Å². The second-order valence-electron chi connectivity index (χ2n) is 15.5. The van der Waals surface area contributed by atoms with Crippen LogP contribution in [0.1, 0.15) is 117 Å². The molecule has 0 radical (unpaired) electrons. The number of hydrogen-bond donors (Lipinski definition) is 0. The van der Waals surface area contributed by atoms with Crippen LogP contribution in [0.25, 0.3) is 20.8 Å². The van der Waals surface area contributed by atoms with Crippen molar-refractivity contribution in [2.75, 3.05) is 8.86 Å². The number of halogens is 1. The van der Waals surface area contributed by atoms with E-state index in [2.05, 4.69) is 19.9 Å². The average molecular weight is 798 g/mol. The molecule has 0 N–H and O–H groups in total. The number of fused-ring (bicyclic) bond motifs is 1. The summed E-state index contributed by atoms with van der Waals surface area (Å²) in [6, 6.07) is 13.6. The van der Waals surface area contributed by atoms with Gasteiger partial charge in [-0.15, -0.1) is 0 Å². The Balaban J connectivity index is 0.994. The van der Waals surface area contributed by atoms with Crippen LogP contribution in [0.3, 0.4) is 0 Å². The molecule has 1 saturated heterocycles. The second-order valence-corrected chi connectivity index (χ2v) is 23.3. The van der Waals surface area contributed by atoms with Gasteiger partial charge >= 0.3 is 201 Å². The first-order valence-electron chi connectivity index (χ1n) is 19.5. The molecule has 1 aromatic heterocycles. The maximum Gasteiger partial charge on any atom is -0.0396 e. The zero-order chi connectivity index (χ0) is 33.7. The molecule has 5 nitrogen and oxygen atoms in total. The van der Waals surface area contributed by atoms with Gasteiger partial charge in [-0.2, -0.15) is 0 Å². The molecule has 3 aromatic rings. The van der Waals surface area contributed by atoms with E-state index in [1.54, 1.807) is 17.4 Å². The quantitative estimate of drug-likeness (QED) is 0.0934. The Bertz CT molecular complexity index is 1520. The van der Waals surface area contributed by atoms with Gasteiger partial charge in [0.05, 0.1) is 5.92 Å². The average Bonchev–Trinajstić information content (AvgIpc) is 3.60. The van der Waals surface area contributed by atoms with E-state index >= 15 is 0 Å². The number of aromatic nitrogens is 1. The number of nitrogens with zero attached hydrogens (tertiary/aromatic N) is 1. The normalized spacial score (nSPS) is 29.1. The summed E-state index contributed by atoms with van der Waals surface area (Å²) < 4.78 is 17.3. The van der Waals surface area contributed by atoms with E-state index in [-0.39, 0.29) is 23.8 Å². The number of carbonyl (C=O) groups is 2. The number of ether oxygens (including phenoxy) is 2.